The van der Waals surface area contributed by atoms with Gasteiger partial charge in [0.1, 0.15) is 0 Å². The molecule has 1 saturated heterocycles. The normalized spacial score (nSPS) is 15.1. The number of hydrogen-bond acceptors (Lipinski definition) is 5. The minimum Gasteiger partial charge on any atom is -0.493 e. The number of H-pyrrole nitrogens is 1. The highest BCUT2D eigenvalue weighted by Crippen LogP contribution is 2.34. The van der Waals surface area contributed by atoms with Gasteiger partial charge in [0.2, 0.25) is 0 Å². The number of nitrogens with zero attached hydrogens (tertiary/aromatic N) is 2. The molecule has 3 rings (SSSR count). The van der Waals surface area contributed by atoms with E-state index in [0.29, 0.717) is 49.2 Å². The second-order valence-corrected chi connectivity index (χ2v) is 6.41. The van der Waals surface area contributed by atoms with Crippen LogP contribution in [0.3, 0.4) is 0 Å². The van der Waals surface area contributed by atoms with E-state index in [0.717, 1.165) is 25.0 Å². The van der Waals surface area contributed by atoms with Crippen molar-refractivity contribution in [3.8, 4) is 11.5 Å². The average molecular weight is 358 g/mol. The maximum absolute atomic E-state index is 13.1. The fourth-order valence-electron chi connectivity index (χ4n) is 3.31. The first-order chi connectivity index (χ1) is 12.7. The van der Waals surface area contributed by atoms with Gasteiger partial charge in [-0.2, -0.15) is 5.10 Å². The summed E-state index contributed by atoms with van der Waals surface area (Å²) in [5.74, 6) is 1.48. The molecule has 0 bridgehead atoms. The summed E-state index contributed by atoms with van der Waals surface area (Å²) in [6.07, 6.45) is 4.33. The average Bonchev–Trinajstić information content (AvgIpc) is 3.22. The van der Waals surface area contributed by atoms with Gasteiger partial charge in [0.05, 0.1) is 19.3 Å². The van der Waals surface area contributed by atoms with Crippen molar-refractivity contribution in [3.63, 3.8) is 0 Å². The minimum absolute atomic E-state index is 0.0188. The molecule has 140 valence electrons. The van der Waals surface area contributed by atoms with Crippen LogP contribution >= 0.6 is 0 Å². The van der Waals surface area contributed by atoms with Gasteiger partial charge in [0.25, 0.3) is 5.91 Å². The van der Waals surface area contributed by atoms with Crippen LogP contribution in [0.15, 0.2) is 30.5 Å². The van der Waals surface area contributed by atoms with E-state index < -0.39 is 0 Å². The summed E-state index contributed by atoms with van der Waals surface area (Å²) in [7, 11) is 1.58. The Morgan fingerprint density at radius 1 is 1.35 bits per heavy atom. The number of benzene rings is 1. The van der Waals surface area contributed by atoms with E-state index >= 15 is 0 Å². The van der Waals surface area contributed by atoms with Gasteiger partial charge in [0.15, 0.2) is 11.5 Å². The molecule has 0 aliphatic carbocycles. The number of amides is 1. The monoisotopic (exact) mass is 358 g/mol. The quantitative estimate of drug-likeness (QED) is 0.740. The van der Waals surface area contributed by atoms with Crippen molar-refractivity contribution in [2.75, 3.05) is 33.4 Å². The lowest BCUT2D eigenvalue weighted by Gasteiger charge is -2.32. The fraction of sp³-hybridized carbons (Fsp3) is 0.474. The van der Waals surface area contributed by atoms with Gasteiger partial charge in [-0.05, 0) is 44.0 Å². The Morgan fingerprint density at radius 3 is 2.81 bits per heavy atom. The highest BCUT2D eigenvalue weighted by molar-refractivity contribution is 5.97. The predicted octanol–water partition coefficient (Wildman–Crippen LogP) is 2.17. The topological polar surface area (TPSA) is 93.5 Å². The highest BCUT2D eigenvalue weighted by Gasteiger charge is 2.27. The predicted molar refractivity (Wildman–Crippen MR) is 98.6 cm³/mol. The minimum atomic E-state index is -0.0188. The third-order valence-corrected chi connectivity index (χ3v) is 4.77. The molecule has 1 aromatic heterocycles. The molecule has 0 saturated carbocycles. The van der Waals surface area contributed by atoms with E-state index in [1.165, 1.54) is 0 Å². The van der Waals surface area contributed by atoms with Crippen molar-refractivity contribution >= 4 is 5.91 Å². The Bertz CT molecular complexity index is 710. The summed E-state index contributed by atoms with van der Waals surface area (Å²) in [4.78, 5) is 14.9. The first kappa shape index (κ1) is 18.3. The van der Waals surface area contributed by atoms with Crippen LogP contribution in [0.25, 0.3) is 0 Å². The highest BCUT2D eigenvalue weighted by atomic mass is 16.5. The Morgan fingerprint density at radius 2 is 2.15 bits per heavy atom. The van der Waals surface area contributed by atoms with E-state index in [-0.39, 0.29) is 5.91 Å². The van der Waals surface area contributed by atoms with E-state index in [1.54, 1.807) is 25.4 Å². The third-order valence-electron chi connectivity index (χ3n) is 4.77. The summed E-state index contributed by atoms with van der Waals surface area (Å²) in [5.41, 5.74) is 7.22. The van der Waals surface area contributed by atoms with Crippen molar-refractivity contribution in [1.29, 1.82) is 0 Å². The first-order valence-electron chi connectivity index (χ1n) is 9.03. The first-order valence-corrected chi connectivity index (χ1v) is 9.03. The lowest BCUT2D eigenvalue weighted by atomic mass is 9.93. The molecule has 1 fully saturated rings. The van der Waals surface area contributed by atoms with Gasteiger partial charge >= 0.3 is 0 Å². The number of likely N-dealkylation sites (tertiary alicyclic amines) is 1. The molecular formula is C19H26N4O3. The van der Waals surface area contributed by atoms with Gasteiger partial charge in [-0.25, -0.2) is 0 Å². The van der Waals surface area contributed by atoms with Gasteiger partial charge in [-0.15, -0.1) is 0 Å². The SMILES string of the molecule is COc1cccc(C(=O)N2CCC(c3ccn[nH]3)CC2)c1OCCCN. The van der Waals surface area contributed by atoms with Crippen molar-refractivity contribution in [3.05, 3.63) is 41.7 Å². The van der Waals surface area contributed by atoms with Crippen LogP contribution in [0.5, 0.6) is 11.5 Å². The van der Waals surface area contributed by atoms with E-state index in [4.69, 9.17) is 15.2 Å². The zero-order valence-electron chi connectivity index (χ0n) is 15.1. The van der Waals surface area contributed by atoms with Crippen LogP contribution < -0.4 is 15.2 Å². The van der Waals surface area contributed by atoms with Gasteiger partial charge < -0.3 is 20.1 Å². The zero-order valence-corrected chi connectivity index (χ0v) is 15.1. The number of carbonyl (C=O) groups excluding carboxylic acids is 1. The number of hydrogen-bond donors (Lipinski definition) is 2. The number of aromatic amines is 1. The smallest absolute Gasteiger partial charge is 0.257 e. The van der Waals surface area contributed by atoms with Crippen molar-refractivity contribution in [2.24, 2.45) is 5.73 Å². The second-order valence-electron chi connectivity index (χ2n) is 6.41. The van der Waals surface area contributed by atoms with Gasteiger partial charge in [-0.3, -0.25) is 9.89 Å². The Hall–Kier alpha value is -2.54. The molecular weight excluding hydrogens is 332 g/mol. The van der Waals surface area contributed by atoms with Crippen LogP contribution in [-0.2, 0) is 0 Å². The number of rotatable bonds is 7. The van der Waals surface area contributed by atoms with Crippen LogP contribution in [0.1, 0.15) is 41.2 Å². The molecule has 7 heteroatoms. The molecule has 26 heavy (non-hydrogen) atoms. The summed E-state index contributed by atoms with van der Waals surface area (Å²) in [6, 6.07) is 7.43. The summed E-state index contributed by atoms with van der Waals surface area (Å²) in [6.45, 7) is 2.42. The summed E-state index contributed by atoms with van der Waals surface area (Å²) in [5, 5.41) is 7.06. The maximum Gasteiger partial charge on any atom is 0.257 e. The van der Waals surface area contributed by atoms with Crippen molar-refractivity contribution < 1.29 is 14.3 Å². The molecule has 0 radical (unpaired) electrons. The fourth-order valence-corrected chi connectivity index (χ4v) is 3.31. The number of para-hydroxylation sites is 1. The van der Waals surface area contributed by atoms with Gasteiger partial charge in [-0.1, -0.05) is 6.07 Å². The number of methoxy groups -OCH3 is 1. The van der Waals surface area contributed by atoms with Crippen LogP contribution in [0.2, 0.25) is 0 Å². The molecule has 2 aromatic rings. The van der Waals surface area contributed by atoms with Crippen LogP contribution in [0, 0.1) is 0 Å². The molecule has 1 aliphatic heterocycles. The molecule has 1 amide bonds. The third kappa shape index (κ3) is 3.99. The molecule has 7 nitrogen and oxygen atoms in total. The van der Waals surface area contributed by atoms with E-state index in [1.807, 2.05) is 17.0 Å². The molecule has 1 aliphatic rings. The number of piperidine rings is 1. The Labute approximate surface area is 153 Å². The van der Waals surface area contributed by atoms with Crippen LogP contribution in [-0.4, -0.2) is 54.4 Å². The van der Waals surface area contributed by atoms with Gasteiger partial charge in [0, 0.05) is 30.9 Å². The van der Waals surface area contributed by atoms with E-state index in [9.17, 15) is 4.79 Å². The lowest BCUT2D eigenvalue weighted by molar-refractivity contribution is 0.0707. The number of nitrogens with one attached hydrogen (secondary N) is 1. The largest absolute Gasteiger partial charge is 0.493 e. The number of aromatic nitrogens is 2. The Balaban J connectivity index is 1.71. The standard InChI is InChI=1S/C19H26N4O3/c1-25-17-5-2-4-15(18(17)26-13-3-9-20)19(24)23-11-7-14(8-12-23)16-6-10-21-22-16/h2,4-6,10,14H,3,7-9,11-13,20H2,1H3,(H,21,22). The molecule has 1 aromatic carbocycles. The lowest BCUT2D eigenvalue weighted by Crippen LogP contribution is -2.38. The summed E-state index contributed by atoms with van der Waals surface area (Å²) < 4.78 is 11.2. The molecule has 0 spiro atoms. The zero-order chi connectivity index (χ0) is 18.4. The summed E-state index contributed by atoms with van der Waals surface area (Å²) >= 11 is 0. The molecule has 0 unspecified atom stereocenters. The maximum atomic E-state index is 13.1. The number of nitrogens with two attached hydrogens (primary N) is 1. The van der Waals surface area contributed by atoms with Crippen molar-refractivity contribution in [1.82, 2.24) is 15.1 Å². The number of ether oxygens (including phenoxy) is 2. The molecule has 2 heterocycles. The second kappa shape index (κ2) is 8.71. The van der Waals surface area contributed by atoms with Crippen LogP contribution in [0.4, 0.5) is 0 Å². The number of carbonyl (C=O) groups is 1. The molecule has 3 N–H and O–H groups in total. The molecule has 0 atom stereocenters. The Kier molecular flexibility index (Phi) is 6.12. The van der Waals surface area contributed by atoms with E-state index in [2.05, 4.69) is 10.2 Å². The van der Waals surface area contributed by atoms with Crippen molar-refractivity contribution in [2.45, 2.75) is 25.2 Å².